The first-order valence-corrected chi connectivity index (χ1v) is 4.56. The van der Waals surface area contributed by atoms with E-state index in [1.807, 2.05) is 30.3 Å². The zero-order valence-electron chi connectivity index (χ0n) is 8.67. The normalized spacial score (nSPS) is 11.8. The molecule has 1 unspecified atom stereocenters. The second kappa shape index (κ2) is 7.67. The van der Waals surface area contributed by atoms with Crippen LogP contribution in [0.3, 0.4) is 0 Å². The van der Waals surface area contributed by atoms with Gasteiger partial charge in [0.15, 0.2) is 0 Å². The first-order chi connectivity index (χ1) is 7.18. The fraction of sp³-hybridized carbons (Fsp3) is 0.200. The van der Waals surface area contributed by atoms with Gasteiger partial charge in [0, 0.05) is 12.3 Å². The van der Waals surface area contributed by atoms with Gasteiger partial charge in [0.05, 0.1) is 0 Å². The number of urea groups is 1. The fourth-order valence-electron chi connectivity index (χ4n) is 1.14. The Balaban J connectivity index is 0.00000225. The van der Waals surface area contributed by atoms with Gasteiger partial charge in [-0.05, 0) is 12.0 Å². The number of nitrogens with one attached hydrogen (secondary N) is 1. The Morgan fingerprint density at radius 2 is 2.06 bits per heavy atom. The standard InChI is InChI=1S/C10H14N4O.ClH/c11-9(7-13-14-10(12)15)6-8-4-2-1-3-5-8;/h1-5,7,9H,6,11H2,(H3,12,14,15);1H/b13-7+;. The molecule has 0 saturated heterocycles. The third-order valence-corrected chi connectivity index (χ3v) is 1.75. The van der Waals surface area contributed by atoms with E-state index in [9.17, 15) is 4.79 Å². The monoisotopic (exact) mass is 242 g/mol. The third-order valence-electron chi connectivity index (χ3n) is 1.75. The molecule has 88 valence electrons. The lowest BCUT2D eigenvalue weighted by molar-refractivity contribution is 0.249. The van der Waals surface area contributed by atoms with E-state index in [4.69, 9.17) is 11.5 Å². The fourth-order valence-corrected chi connectivity index (χ4v) is 1.14. The molecule has 5 nitrogen and oxygen atoms in total. The zero-order valence-corrected chi connectivity index (χ0v) is 9.48. The molecule has 0 saturated carbocycles. The quantitative estimate of drug-likeness (QED) is 0.534. The number of hydrazone groups is 1. The first kappa shape index (κ1) is 14.4. The van der Waals surface area contributed by atoms with Crippen LogP contribution in [0.1, 0.15) is 5.56 Å². The molecule has 5 N–H and O–H groups in total. The smallest absolute Gasteiger partial charge is 0.332 e. The lowest BCUT2D eigenvalue weighted by Gasteiger charge is -2.05. The lowest BCUT2D eigenvalue weighted by atomic mass is 10.1. The molecule has 0 radical (unpaired) electrons. The van der Waals surface area contributed by atoms with Crippen molar-refractivity contribution in [3.05, 3.63) is 35.9 Å². The van der Waals surface area contributed by atoms with Crippen molar-refractivity contribution in [1.29, 1.82) is 0 Å². The van der Waals surface area contributed by atoms with Gasteiger partial charge in [0.1, 0.15) is 0 Å². The van der Waals surface area contributed by atoms with Crippen LogP contribution in [0.4, 0.5) is 4.79 Å². The van der Waals surface area contributed by atoms with Crippen molar-refractivity contribution in [2.75, 3.05) is 0 Å². The van der Waals surface area contributed by atoms with Crippen LogP contribution in [0.2, 0.25) is 0 Å². The maximum atomic E-state index is 10.3. The average molecular weight is 243 g/mol. The molecule has 0 aromatic heterocycles. The molecule has 6 heteroatoms. The Labute approximate surface area is 100 Å². The number of nitrogens with zero attached hydrogens (tertiary/aromatic N) is 1. The first-order valence-electron chi connectivity index (χ1n) is 4.56. The number of carbonyl (C=O) groups is 1. The molecular formula is C10H15ClN4O. The molecule has 0 spiro atoms. The predicted octanol–water partition coefficient (Wildman–Crippen LogP) is 0.632. The number of carbonyl (C=O) groups excluding carboxylic acids is 1. The number of benzene rings is 1. The van der Waals surface area contributed by atoms with Gasteiger partial charge < -0.3 is 11.5 Å². The number of hydrogen-bond acceptors (Lipinski definition) is 3. The number of rotatable bonds is 4. The van der Waals surface area contributed by atoms with Crippen LogP contribution in [0.25, 0.3) is 0 Å². The van der Waals surface area contributed by atoms with Crippen LogP contribution in [-0.4, -0.2) is 18.3 Å². The highest BCUT2D eigenvalue weighted by atomic mass is 35.5. The molecule has 0 bridgehead atoms. The minimum atomic E-state index is -0.696. The summed E-state index contributed by atoms with van der Waals surface area (Å²) in [4.78, 5) is 10.3. The molecular weight excluding hydrogens is 228 g/mol. The minimum Gasteiger partial charge on any atom is -0.350 e. The van der Waals surface area contributed by atoms with E-state index >= 15 is 0 Å². The van der Waals surface area contributed by atoms with E-state index in [1.54, 1.807) is 0 Å². The number of amides is 2. The van der Waals surface area contributed by atoms with Crippen molar-refractivity contribution in [1.82, 2.24) is 5.43 Å². The summed E-state index contributed by atoms with van der Waals surface area (Å²) in [5.74, 6) is 0. The van der Waals surface area contributed by atoms with E-state index in [0.717, 1.165) is 5.56 Å². The molecule has 1 aromatic rings. The largest absolute Gasteiger partial charge is 0.350 e. The second-order valence-corrected chi connectivity index (χ2v) is 3.11. The molecule has 0 aliphatic heterocycles. The minimum absolute atomic E-state index is 0. The Morgan fingerprint density at radius 1 is 1.44 bits per heavy atom. The summed E-state index contributed by atoms with van der Waals surface area (Å²) < 4.78 is 0. The van der Waals surface area contributed by atoms with E-state index < -0.39 is 6.03 Å². The summed E-state index contributed by atoms with van der Waals surface area (Å²) in [5, 5.41) is 3.59. The maximum Gasteiger partial charge on any atom is 0.332 e. The molecule has 1 rings (SSSR count). The Bertz CT molecular complexity index is 342. The molecule has 2 amide bonds. The second-order valence-electron chi connectivity index (χ2n) is 3.11. The summed E-state index contributed by atoms with van der Waals surface area (Å²) >= 11 is 0. The topological polar surface area (TPSA) is 93.5 Å². The van der Waals surface area contributed by atoms with Crippen LogP contribution >= 0.6 is 12.4 Å². The molecule has 16 heavy (non-hydrogen) atoms. The lowest BCUT2D eigenvalue weighted by Crippen LogP contribution is -2.29. The Kier molecular flexibility index (Phi) is 6.91. The summed E-state index contributed by atoms with van der Waals surface area (Å²) in [6, 6.07) is 8.86. The van der Waals surface area contributed by atoms with Crippen molar-refractivity contribution in [3.63, 3.8) is 0 Å². The number of hydrogen-bond donors (Lipinski definition) is 3. The van der Waals surface area contributed by atoms with Gasteiger partial charge in [0.2, 0.25) is 0 Å². The predicted molar refractivity (Wildman–Crippen MR) is 66.6 cm³/mol. The number of nitrogens with two attached hydrogens (primary N) is 2. The average Bonchev–Trinajstić information content (AvgIpc) is 2.18. The number of halogens is 1. The molecule has 0 heterocycles. The van der Waals surface area contributed by atoms with Gasteiger partial charge >= 0.3 is 6.03 Å². The van der Waals surface area contributed by atoms with E-state index in [-0.39, 0.29) is 18.4 Å². The molecule has 1 atom stereocenters. The van der Waals surface area contributed by atoms with E-state index in [0.29, 0.717) is 6.42 Å². The zero-order chi connectivity index (χ0) is 11.1. The number of primary amides is 1. The molecule has 0 aliphatic rings. The van der Waals surface area contributed by atoms with Gasteiger partial charge in [-0.1, -0.05) is 30.3 Å². The van der Waals surface area contributed by atoms with Crippen molar-refractivity contribution >= 4 is 24.7 Å². The van der Waals surface area contributed by atoms with E-state index in [1.165, 1.54) is 6.21 Å². The highest BCUT2D eigenvalue weighted by Gasteiger charge is 1.99. The van der Waals surface area contributed by atoms with Crippen LogP contribution in [0.15, 0.2) is 35.4 Å². The highest BCUT2D eigenvalue weighted by Crippen LogP contribution is 2.00. The van der Waals surface area contributed by atoms with Crippen LogP contribution in [-0.2, 0) is 6.42 Å². The van der Waals surface area contributed by atoms with E-state index in [2.05, 4.69) is 10.5 Å². The van der Waals surface area contributed by atoms with Gasteiger partial charge in [-0.3, -0.25) is 0 Å². The summed E-state index contributed by atoms with van der Waals surface area (Å²) in [7, 11) is 0. The van der Waals surface area contributed by atoms with Crippen LogP contribution in [0.5, 0.6) is 0 Å². The van der Waals surface area contributed by atoms with Crippen LogP contribution in [0, 0.1) is 0 Å². The van der Waals surface area contributed by atoms with Gasteiger partial charge in [-0.15, -0.1) is 12.4 Å². The third kappa shape index (κ3) is 6.00. The molecule has 0 aliphatic carbocycles. The molecule has 0 fully saturated rings. The SMILES string of the molecule is Cl.NC(=O)N/N=C/C(N)Cc1ccccc1. The summed E-state index contributed by atoms with van der Waals surface area (Å²) in [6.45, 7) is 0. The van der Waals surface area contributed by atoms with Crippen molar-refractivity contribution in [3.8, 4) is 0 Å². The van der Waals surface area contributed by atoms with Crippen molar-refractivity contribution < 1.29 is 4.79 Å². The van der Waals surface area contributed by atoms with Crippen LogP contribution < -0.4 is 16.9 Å². The van der Waals surface area contributed by atoms with Crippen molar-refractivity contribution in [2.24, 2.45) is 16.6 Å². The van der Waals surface area contributed by atoms with Gasteiger partial charge in [-0.25, -0.2) is 10.2 Å². The highest BCUT2D eigenvalue weighted by molar-refractivity contribution is 5.85. The van der Waals surface area contributed by atoms with Gasteiger partial charge in [-0.2, -0.15) is 5.10 Å². The molecule has 1 aromatic carbocycles. The Hall–Kier alpha value is -1.59. The Morgan fingerprint density at radius 3 is 2.62 bits per heavy atom. The summed E-state index contributed by atoms with van der Waals surface area (Å²) in [6.07, 6.45) is 2.13. The van der Waals surface area contributed by atoms with Gasteiger partial charge in [0.25, 0.3) is 0 Å². The summed E-state index contributed by atoms with van der Waals surface area (Å²) in [5.41, 5.74) is 13.8. The van der Waals surface area contributed by atoms with Crippen molar-refractivity contribution in [2.45, 2.75) is 12.5 Å². The maximum absolute atomic E-state index is 10.3.